The summed E-state index contributed by atoms with van der Waals surface area (Å²) < 4.78 is 2.10. The lowest BCUT2D eigenvalue weighted by Crippen LogP contribution is -2.39. The standard InChI is InChI=1S/C21H32N6/c1-2-23-21(24-11-7-13-26-15-12-22-18-26)25-16-20-10-6-14-27(20)17-19-8-4-3-5-9-19/h3-5,8-9,12,15,18,20H,2,6-7,10-11,13-14,16-17H2,1H3,(H2,23,24,25). The molecular weight excluding hydrogens is 336 g/mol. The Kier molecular flexibility index (Phi) is 7.71. The quantitative estimate of drug-likeness (QED) is 0.406. The Hall–Kier alpha value is -2.34. The summed E-state index contributed by atoms with van der Waals surface area (Å²) in [5.41, 5.74) is 1.39. The maximum atomic E-state index is 4.86. The smallest absolute Gasteiger partial charge is 0.191 e. The molecule has 146 valence electrons. The van der Waals surface area contributed by atoms with E-state index in [0.29, 0.717) is 6.04 Å². The monoisotopic (exact) mass is 368 g/mol. The number of benzene rings is 1. The van der Waals surface area contributed by atoms with E-state index >= 15 is 0 Å². The molecule has 1 aliphatic heterocycles. The number of aliphatic imine (C=N–C) groups is 1. The van der Waals surface area contributed by atoms with Gasteiger partial charge in [0.2, 0.25) is 0 Å². The zero-order valence-electron chi connectivity index (χ0n) is 16.3. The average Bonchev–Trinajstić information content (AvgIpc) is 3.36. The summed E-state index contributed by atoms with van der Waals surface area (Å²) in [6, 6.07) is 11.3. The van der Waals surface area contributed by atoms with Gasteiger partial charge < -0.3 is 15.2 Å². The van der Waals surface area contributed by atoms with Gasteiger partial charge in [-0.3, -0.25) is 9.89 Å². The van der Waals surface area contributed by atoms with E-state index in [0.717, 1.165) is 45.1 Å². The summed E-state index contributed by atoms with van der Waals surface area (Å²) in [5, 5.41) is 6.82. The molecule has 2 heterocycles. The molecule has 6 heteroatoms. The second-order valence-electron chi connectivity index (χ2n) is 7.05. The molecule has 3 rings (SSSR count). The molecular formula is C21H32N6. The molecule has 2 aromatic rings. The Morgan fingerprint density at radius 2 is 2.15 bits per heavy atom. The van der Waals surface area contributed by atoms with Crippen molar-refractivity contribution in [1.82, 2.24) is 25.1 Å². The normalized spacial score (nSPS) is 18.0. The molecule has 1 saturated heterocycles. The molecule has 1 aliphatic rings. The molecule has 27 heavy (non-hydrogen) atoms. The van der Waals surface area contributed by atoms with Gasteiger partial charge in [0.15, 0.2) is 5.96 Å². The van der Waals surface area contributed by atoms with E-state index in [1.165, 1.54) is 24.9 Å². The van der Waals surface area contributed by atoms with Crippen molar-refractivity contribution >= 4 is 5.96 Å². The number of rotatable bonds is 9. The second-order valence-corrected chi connectivity index (χ2v) is 7.05. The number of likely N-dealkylation sites (tertiary alicyclic amines) is 1. The molecule has 1 unspecified atom stereocenters. The predicted octanol–water partition coefficient (Wildman–Crippen LogP) is 2.49. The minimum atomic E-state index is 0.534. The van der Waals surface area contributed by atoms with E-state index < -0.39 is 0 Å². The fourth-order valence-corrected chi connectivity index (χ4v) is 3.55. The number of nitrogens with zero attached hydrogens (tertiary/aromatic N) is 4. The van der Waals surface area contributed by atoms with Crippen molar-refractivity contribution in [3.63, 3.8) is 0 Å². The topological polar surface area (TPSA) is 57.5 Å². The summed E-state index contributed by atoms with van der Waals surface area (Å²) >= 11 is 0. The SMILES string of the molecule is CCNC(=NCC1CCCN1Cc1ccccc1)NCCCn1ccnc1. The minimum absolute atomic E-state index is 0.534. The highest BCUT2D eigenvalue weighted by atomic mass is 15.2. The van der Waals surface area contributed by atoms with Crippen molar-refractivity contribution in [1.29, 1.82) is 0 Å². The highest BCUT2D eigenvalue weighted by Crippen LogP contribution is 2.20. The lowest BCUT2D eigenvalue weighted by molar-refractivity contribution is 0.250. The van der Waals surface area contributed by atoms with E-state index in [9.17, 15) is 0 Å². The maximum Gasteiger partial charge on any atom is 0.191 e. The van der Waals surface area contributed by atoms with Crippen LogP contribution in [0.5, 0.6) is 0 Å². The Labute approximate surface area is 162 Å². The Balaban J connectivity index is 1.46. The van der Waals surface area contributed by atoms with Gasteiger partial charge in [0.1, 0.15) is 0 Å². The van der Waals surface area contributed by atoms with Gasteiger partial charge in [-0.15, -0.1) is 0 Å². The number of aryl methyl sites for hydroxylation is 1. The molecule has 1 aromatic heterocycles. The van der Waals surface area contributed by atoms with Crippen LogP contribution in [0.3, 0.4) is 0 Å². The van der Waals surface area contributed by atoms with Crippen LogP contribution in [0, 0.1) is 0 Å². The third kappa shape index (κ3) is 6.40. The molecule has 0 spiro atoms. The Morgan fingerprint density at radius 3 is 2.93 bits per heavy atom. The van der Waals surface area contributed by atoms with Crippen LogP contribution in [0.25, 0.3) is 0 Å². The van der Waals surface area contributed by atoms with Crippen molar-refractivity contribution in [2.24, 2.45) is 4.99 Å². The van der Waals surface area contributed by atoms with Crippen LogP contribution < -0.4 is 10.6 Å². The molecule has 6 nitrogen and oxygen atoms in total. The second kappa shape index (κ2) is 10.7. The van der Waals surface area contributed by atoms with Crippen molar-refractivity contribution in [3.8, 4) is 0 Å². The van der Waals surface area contributed by atoms with Crippen molar-refractivity contribution < 1.29 is 0 Å². The summed E-state index contributed by atoms with van der Waals surface area (Å²) in [7, 11) is 0. The van der Waals surface area contributed by atoms with Gasteiger partial charge >= 0.3 is 0 Å². The molecule has 2 N–H and O–H groups in total. The van der Waals surface area contributed by atoms with E-state index in [4.69, 9.17) is 4.99 Å². The molecule has 0 amide bonds. The molecule has 1 aromatic carbocycles. The fraction of sp³-hybridized carbons (Fsp3) is 0.524. The zero-order chi connectivity index (χ0) is 18.7. The Morgan fingerprint density at radius 1 is 1.26 bits per heavy atom. The molecule has 1 fully saturated rings. The van der Waals surface area contributed by atoms with Crippen LogP contribution in [-0.2, 0) is 13.1 Å². The van der Waals surface area contributed by atoms with Gasteiger partial charge in [0.05, 0.1) is 12.9 Å². The molecule has 0 radical (unpaired) electrons. The summed E-state index contributed by atoms with van der Waals surface area (Å²) in [6.45, 7) is 7.91. The minimum Gasteiger partial charge on any atom is -0.357 e. The lowest BCUT2D eigenvalue weighted by atomic mass is 10.2. The fourth-order valence-electron chi connectivity index (χ4n) is 3.55. The van der Waals surface area contributed by atoms with Gasteiger partial charge in [0.25, 0.3) is 0 Å². The van der Waals surface area contributed by atoms with Crippen LogP contribution in [0.15, 0.2) is 54.0 Å². The first kappa shape index (κ1) is 19.4. The van der Waals surface area contributed by atoms with Crippen LogP contribution in [-0.4, -0.2) is 52.6 Å². The number of nitrogens with one attached hydrogen (secondary N) is 2. The van der Waals surface area contributed by atoms with Crippen LogP contribution >= 0.6 is 0 Å². The van der Waals surface area contributed by atoms with Gasteiger partial charge in [0, 0.05) is 44.6 Å². The Bertz CT molecular complexity index is 667. The maximum absolute atomic E-state index is 4.86. The van der Waals surface area contributed by atoms with Crippen LogP contribution in [0.2, 0.25) is 0 Å². The number of imidazole rings is 1. The average molecular weight is 369 g/mol. The molecule has 0 bridgehead atoms. The number of guanidine groups is 1. The van der Waals surface area contributed by atoms with Gasteiger partial charge in [-0.05, 0) is 38.3 Å². The van der Waals surface area contributed by atoms with Crippen molar-refractivity contribution in [3.05, 3.63) is 54.6 Å². The lowest BCUT2D eigenvalue weighted by Gasteiger charge is -2.23. The highest BCUT2D eigenvalue weighted by Gasteiger charge is 2.24. The van der Waals surface area contributed by atoms with Crippen LogP contribution in [0.4, 0.5) is 0 Å². The van der Waals surface area contributed by atoms with E-state index in [2.05, 4.69) is 62.3 Å². The highest BCUT2D eigenvalue weighted by molar-refractivity contribution is 5.79. The number of hydrogen-bond acceptors (Lipinski definition) is 3. The zero-order valence-corrected chi connectivity index (χ0v) is 16.3. The number of hydrogen-bond donors (Lipinski definition) is 2. The summed E-state index contributed by atoms with van der Waals surface area (Å²) in [6.07, 6.45) is 9.23. The molecule has 1 atom stereocenters. The first-order chi connectivity index (χ1) is 13.3. The largest absolute Gasteiger partial charge is 0.357 e. The van der Waals surface area contributed by atoms with Crippen molar-refractivity contribution in [2.75, 3.05) is 26.2 Å². The van der Waals surface area contributed by atoms with Gasteiger partial charge in [-0.25, -0.2) is 4.98 Å². The first-order valence-corrected chi connectivity index (χ1v) is 10.1. The van der Waals surface area contributed by atoms with E-state index in [-0.39, 0.29) is 0 Å². The van der Waals surface area contributed by atoms with Crippen LogP contribution in [0.1, 0.15) is 31.7 Å². The van der Waals surface area contributed by atoms with E-state index in [1.54, 1.807) is 0 Å². The predicted molar refractivity (Wildman–Crippen MR) is 111 cm³/mol. The molecule has 0 saturated carbocycles. The summed E-state index contributed by atoms with van der Waals surface area (Å²) in [5.74, 6) is 0.926. The third-order valence-electron chi connectivity index (χ3n) is 4.98. The van der Waals surface area contributed by atoms with Gasteiger partial charge in [-0.2, -0.15) is 0 Å². The molecule has 0 aliphatic carbocycles. The number of aromatic nitrogens is 2. The third-order valence-corrected chi connectivity index (χ3v) is 4.98. The first-order valence-electron chi connectivity index (χ1n) is 10.1. The van der Waals surface area contributed by atoms with Crippen molar-refractivity contribution in [2.45, 2.75) is 45.3 Å². The summed E-state index contributed by atoms with van der Waals surface area (Å²) in [4.78, 5) is 11.5. The van der Waals surface area contributed by atoms with E-state index in [1.807, 2.05) is 18.7 Å². The van der Waals surface area contributed by atoms with Gasteiger partial charge in [-0.1, -0.05) is 30.3 Å².